The van der Waals surface area contributed by atoms with E-state index in [4.69, 9.17) is 0 Å². The molecule has 0 spiro atoms. The van der Waals surface area contributed by atoms with Crippen LogP contribution in [0.2, 0.25) is 0 Å². The molecule has 0 aromatic heterocycles. The lowest BCUT2D eigenvalue weighted by molar-refractivity contribution is -0.135. The molecule has 3 nitrogen and oxygen atoms in total. The van der Waals surface area contributed by atoms with Gasteiger partial charge in [0.05, 0.1) is 6.10 Å². The summed E-state index contributed by atoms with van der Waals surface area (Å²) in [5.41, 5.74) is 0. The quantitative estimate of drug-likeness (QED) is 0.616. The minimum absolute atomic E-state index is 0.272. The van der Waals surface area contributed by atoms with E-state index < -0.39 is 0 Å². The molecule has 12 heavy (non-hydrogen) atoms. The van der Waals surface area contributed by atoms with E-state index in [1.807, 2.05) is 4.90 Å². The zero-order valence-electron chi connectivity index (χ0n) is 7.20. The van der Waals surface area contributed by atoms with E-state index in [0.29, 0.717) is 12.5 Å². The van der Waals surface area contributed by atoms with Crippen LogP contribution in [0.1, 0.15) is 25.7 Å². The van der Waals surface area contributed by atoms with Crippen LogP contribution in [0.3, 0.4) is 0 Å². The van der Waals surface area contributed by atoms with Gasteiger partial charge in [0.2, 0.25) is 5.91 Å². The van der Waals surface area contributed by atoms with Crippen LogP contribution in [-0.4, -0.2) is 35.1 Å². The van der Waals surface area contributed by atoms with Crippen molar-refractivity contribution in [2.45, 2.75) is 31.8 Å². The number of amides is 1. The topological polar surface area (TPSA) is 40.5 Å². The van der Waals surface area contributed by atoms with Gasteiger partial charge in [-0.2, -0.15) is 0 Å². The number of aliphatic hydroxyl groups is 1. The van der Waals surface area contributed by atoms with E-state index >= 15 is 0 Å². The second kappa shape index (κ2) is 3.05. The van der Waals surface area contributed by atoms with Crippen molar-refractivity contribution in [1.82, 2.24) is 4.90 Å². The monoisotopic (exact) mass is 169 g/mol. The number of carbonyl (C=O) groups excluding carboxylic acids is 1. The van der Waals surface area contributed by atoms with Crippen LogP contribution >= 0.6 is 0 Å². The molecule has 1 amide bonds. The summed E-state index contributed by atoms with van der Waals surface area (Å²) in [5, 5.41) is 9.34. The van der Waals surface area contributed by atoms with Gasteiger partial charge in [-0.1, -0.05) is 0 Å². The van der Waals surface area contributed by atoms with E-state index in [1.165, 1.54) is 0 Å². The molecule has 2 rings (SSSR count). The summed E-state index contributed by atoms with van der Waals surface area (Å²) >= 11 is 0. The highest BCUT2D eigenvalue weighted by Crippen LogP contribution is 2.31. The Balaban J connectivity index is 1.89. The second-order valence-electron chi connectivity index (χ2n) is 3.85. The third-order valence-electron chi connectivity index (χ3n) is 2.63. The van der Waals surface area contributed by atoms with Gasteiger partial charge >= 0.3 is 0 Å². The molecule has 0 aromatic rings. The van der Waals surface area contributed by atoms with Crippen molar-refractivity contribution < 1.29 is 9.90 Å². The minimum Gasteiger partial charge on any atom is -0.391 e. The van der Waals surface area contributed by atoms with E-state index in [1.54, 1.807) is 0 Å². The lowest BCUT2D eigenvalue weighted by Crippen LogP contribution is -2.42. The standard InChI is InChI=1S/C9H15NO2/c11-8-2-1-5-10(6-8)9(12)7-3-4-7/h7-8,11H,1-6H2. The largest absolute Gasteiger partial charge is 0.391 e. The van der Waals surface area contributed by atoms with Crippen LogP contribution in [-0.2, 0) is 4.79 Å². The van der Waals surface area contributed by atoms with Gasteiger partial charge in [-0.15, -0.1) is 0 Å². The predicted octanol–water partition coefficient (Wildman–Crippen LogP) is 0.380. The Morgan fingerprint density at radius 3 is 2.67 bits per heavy atom. The van der Waals surface area contributed by atoms with Crippen LogP contribution in [0.4, 0.5) is 0 Å². The molecule has 1 aliphatic heterocycles. The van der Waals surface area contributed by atoms with Gasteiger partial charge in [0, 0.05) is 19.0 Å². The third-order valence-corrected chi connectivity index (χ3v) is 2.63. The lowest BCUT2D eigenvalue weighted by atomic mass is 10.1. The molecule has 0 radical (unpaired) electrons. The van der Waals surface area contributed by atoms with Crippen LogP contribution in [0, 0.1) is 5.92 Å². The predicted molar refractivity (Wildman–Crippen MR) is 44.5 cm³/mol. The van der Waals surface area contributed by atoms with Gasteiger partial charge in [-0.05, 0) is 25.7 Å². The molecule has 0 aromatic carbocycles. The maximum Gasteiger partial charge on any atom is 0.225 e. The van der Waals surface area contributed by atoms with E-state index in [0.717, 1.165) is 32.2 Å². The Morgan fingerprint density at radius 1 is 1.33 bits per heavy atom. The highest BCUT2D eigenvalue weighted by atomic mass is 16.3. The van der Waals surface area contributed by atoms with Crippen LogP contribution in [0.25, 0.3) is 0 Å². The van der Waals surface area contributed by atoms with Gasteiger partial charge in [-0.25, -0.2) is 0 Å². The van der Waals surface area contributed by atoms with Crippen molar-refractivity contribution in [3.63, 3.8) is 0 Å². The van der Waals surface area contributed by atoms with E-state index in [2.05, 4.69) is 0 Å². The van der Waals surface area contributed by atoms with E-state index in [-0.39, 0.29) is 12.0 Å². The van der Waals surface area contributed by atoms with Gasteiger partial charge < -0.3 is 10.0 Å². The SMILES string of the molecule is O=C(C1CC1)N1CCCC(O)C1. The van der Waals surface area contributed by atoms with Crippen LogP contribution < -0.4 is 0 Å². The highest BCUT2D eigenvalue weighted by molar-refractivity contribution is 5.81. The second-order valence-corrected chi connectivity index (χ2v) is 3.85. The van der Waals surface area contributed by atoms with Gasteiger partial charge in [0.15, 0.2) is 0 Å². The number of hydrogen-bond donors (Lipinski definition) is 1. The first-order valence-corrected chi connectivity index (χ1v) is 4.74. The van der Waals surface area contributed by atoms with Gasteiger partial charge in [0.1, 0.15) is 0 Å². The Labute approximate surface area is 72.4 Å². The molecule has 3 heteroatoms. The molecule has 2 fully saturated rings. The molecular weight excluding hydrogens is 154 g/mol. The van der Waals surface area contributed by atoms with Gasteiger partial charge in [-0.3, -0.25) is 4.79 Å². The van der Waals surface area contributed by atoms with Crippen molar-refractivity contribution in [3.05, 3.63) is 0 Å². The molecule has 1 saturated heterocycles. The zero-order valence-corrected chi connectivity index (χ0v) is 7.20. The third kappa shape index (κ3) is 1.61. The molecule has 0 bridgehead atoms. The number of rotatable bonds is 1. The Kier molecular flexibility index (Phi) is 2.05. The number of carbonyl (C=O) groups is 1. The summed E-state index contributed by atoms with van der Waals surface area (Å²) in [6.45, 7) is 1.42. The number of nitrogens with zero attached hydrogens (tertiary/aromatic N) is 1. The minimum atomic E-state index is -0.276. The molecular formula is C9H15NO2. The number of piperidine rings is 1. The molecule has 1 unspecified atom stereocenters. The average molecular weight is 169 g/mol. The Bertz CT molecular complexity index is 189. The average Bonchev–Trinajstić information content (AvgIpc) is 2.85. The highest BCUT2D eigenvalue weighted by Gasteiger charge is 2.34. The summed E-state index contributed by atoms with van der Waals surface area (Å²) in [6.07, 6.45) is 3.66. The summed E-state index contributed by atoms with van der Waals surface area (Å²) in [5.74, 6) is 0.573. The summed E-state index contributed by atoms with van der Waals surface area (Å²) < 4.78 is 0. The van der Waals surface area contributed by atoms with Gasteiger partial charge in [0.25, 0.3) is 0 Å². The number of β-amino-alcohol motifs (C(OH)–C–C–N with tert-alkyl or cyclic N) is 1. The molecule has 1 saturated carbocycles. The van der Waals surface area contributed by atoms with Crippen molar-refractivity contribution in [3.8, 4) is 0 Å². The first-order valence-electron chi connectivity index (χ1n) is 4.74. The normalized spacial score (nSPS) is 30.4. The van der Waals surface area contributed by atoms with Crippen LogP contribution in [0.15, 0.2) is 0 Å². The molecule has 2 aliphatic rings. The Hall–Kier alpha value is -0.570. The number of likely N-dealkylation sites (tertiary alicyclic amines) is 1. The van der Waals surface area contributed by atoms with Crippen molar-refractivity contribution >= 4 is 5.91 Å². The molecule has 1 aliphatic carbocycles. The zero-order chi connectivity index (χ0) is 8.55. The fraction of sp³-hybridized carbons (Fsp3) is 0.889. The summed E-state index contributed by atoms with van der Waals surface area (Å²) in [4.78, 5) is 13.3. The molecule has 1 atom stereocenters. The first-order chi connectivity index (χ1) is 5.77. The summed E-state index contributed by atoms with van der Waals surface area (Å²) in [7, 11) is 0. The fourth-order valence-corrected chi connectivity index (χ4v) is 1.74. The Morgan fingerprint density at radius 2 is 2.08 bits per heavy atom. The van der Waals surface area contributed by atoms with Crippen molar-refractivity contribution in [1.29, 1.82) is 0 Å². The van der Waals surface area contributed by atoms with E-state index in [9.17, 15) is 9.90 Å². The molecule has 68 valence electrons. The maximum atomic E-state index is 11.5. The number of hydrogen-bond acceptors (Lipinski definition) is 2. The van der Waals surface area contributed by atoms with Crippen LogP contribution in [0.5, 0.6) is 0 Å². The van der Waals surface area contributed by atoms with Crippen molar-refractivity contribution in [2.24, 2.45) is 5.92 Å². The van der Waals surface area contributed by atoms with Crippen molar-refractivity contribution in [2.75, 3.05) is 13.1 Å². The fourth-order valence-electron chi connectivity index (χ4n) is 1.74. The molecule has 1 N–H and O–H groups in total. The first kappa shape index (κ1) is 8.05. The number of aliphatic hydroxyl groups excluding tert-OH is 1. The lowest BCUT2D eigenvalue weighted by Gasteiger charge is -2.30. The molecule has 1 heterocycles. The summed E-state index contributed by atoms with van der Waals surface area (Å²) in [6, 6.07) is 0. The maximum absolute atomic E-state index is 11.5. The smallest absolute Gasteiger partial charge is 0.225 e.